The first-order valence-corrected chi connectivity index (χ1v) is 6.72. The van der Waals surface area contributed by atoms with E-state index in [2.05, 4.69) is 27.7 Å². The van der Waals surface area contributed by atoms with Gasteiger partial charge in [0.1, 0.15) is 0 Å². The molecular weight excluding hydrogens is 212 g/mol. The van der Waals surface area contributed by atoms with Crippen LogP contribution in [0.25, 0.3) is 0 Å². The predicted molar refractivity (Wildman–Crippen MR) is 66.4 cm³/mol. The number of carbonyl (C=O) groups excluding carboxylic acids is 1. The summed E-state index contributed by atoms with van der Waals surface area (Å²) in [5.74, 6) is 1.84. The van der Waals surface area contributed by atoms with Gasteiger partial charge >= 0.3 is 0 Å². The number of rotatable bonds is 0. The fraction of sp³-hybridized carbons (Fsp3) is 0.800. The molecule has 0 aliphatic heterocycles. The van der Waals surface area contributed by atoms with E-state index in [1.165, 1.54) is 0 Å². The van der Waals surface area contributed by atoms with Crippen molar-refractivity contribution in [3.8, 4) is 0 Å². The highest BCUT2D eigenvalue weighted by Gasteiger charge is 2.70. The Bertz CT molecular complexity index is 421. The normalized spacial score (nSPS) is 51.4. The van der Waals surface area contributed by atoms with E-state index in [9.17, 15) is 9.90 Å². The molecule has 2 unspecified atom stereocenters. The zero-order chi connectivity index (χ0) is 12.6. The fourth-order valence-electron chi connectivity index (χ4n) is 4.87. The van der Waals surface area contributed by atoms with Crippen LogP contribution in [-0.2, 0) is 4.79 Å². The Labute approximate surface area is 103 Å². The molecule has 0 amide bonds. The van der Waals surface area contributed by atoms with E-state index < -0.39 is 6.10 Å². The lowest BCUT2D eigenvalue weighted by molar-refractivity contribution is -0.117. The summed E-state index contributed by atoms with van der Waals surface area (Å²) in [6.45, 7) is 9.07. The molecule has 3 aliphatic carbocycles. The molecule has 0 aromatic rings. The Morgan fingerprint density at radius 3 is 2.65 bits per heavy atom. The Kier molecular flexibility index (Phi) is 2.04. The lowest BCUT2D eigenvalue weighted by Crippen LogP contribution is -2.43. The van der Waals surface area contributed by atoms with Crippen molar-refractivity contribution >= 4 is 5.78 Å². The van der Waals surface area contributed by atoms with Gasteiger partial charge in [-0.1, -0.05) is 27.7 Å². The zero-order valence-electron chi connectivity index (χ0n) is 11.2. The highest BCUT2D eigenvalue weighted by atomic mass is 16.3. The number of hydrogen-bond donors (Lipinski definition) is 1. The van der Waals surface area contributed by atoms with Crippen LogP contribution in [0.4, 0.5) is 0 Å². The first-order valence-electron chi connectivity index (χ1n) is 6.72. The van der Waals surface area contributed by atoms with Gasteiger partial charge in [-0.15, -0.1) is 0 Å². The topological polar surface area (TPSA) is 37.3 Å². The van der Waals surface area contributed by atoms with Crippen molar-refractivity contribution in [1.29, 1.82) is 0 Å². The quantitative estimate of drug-likeness (QED) is 0.699. The SMILES string of the molecule is CC1CC(=O)C=C2C(O)C[C@@H]3[C@@H](C3(C)C)[C@]21C. The number of fused-ring (bicyclic) bond motifs is 3. The van der Waals surface area contributed by atoms with Gasteiger partial charge in [0.05, 0.1) is 6.10 Å². The minimum Gasteiger partial charge on any atom is -0.389 e. The van der Waals surface area contributed by atoms with E-state index in [1.54, 1.807) is 6.08 Å². The Balaban J connectivity index is 2.11. The van der Waals surface area contributed by atoms with Gasteiger partial charge < -0.3 is 5.11 Å². The zero-order valence-corrected chi connectivity index (χ0v) is 11.2. The van der Waals surface area contributed by atoms with Gasteiger partial charge in [-0.05, 0) is 46.7 Å². The smallest absolute Gasteiger partial charge is 0.156 e. The average Bonchev–Trinajstić information content (AvgIpc) is 2.74. The van der Waals surface area contributed by atoms with Crippen molar-refractivity contribution in [3.63, 3.8) is 0 Å². The third-order valence-electron chi connectivity index (χ3n) is 6.00. The maximum Gasteiger partial charge on any atom is 0.156 e. The lowest BCUT2D eigenvalue weighted by atomic mass is 9.59. The summed E-state index contributed by atoms with van der Waals surface area (Å²) in [5, 5.41) is 10.3. The number of aliphatic hydroxyl groups excluding tert-OH is 1. The predicted octanol–water partition coefficient (Wildman–Crippen LogP) is 2.56. The molecular formula is C15H22O2. The minimum absolute atomic E-state index is 0.0414. The molecule has 0 radical (unpaired) electrons. The van der Waals surface area contributed by atoms with E-state index in [-0.39, 0.29) is 11.2 Å². The second-order valence-electron chi connectivity index (χ2n) is 7.11. The van der Waals surface area contributed by atoms with Crippen LogP contribution in [0, 0.1) is 28.6 Å². The molecule has 3 aliphatic rings. The molecule has 94 valence electrons. The minimum atomic E-state index is -0.394. The van der Waals surface area contributed by atoms with Crippen LogP contribution >= 0.6 is 0 Å². The Morgan fingerprint density at radius 2 is 2.00 bits per heavy atom. The largest absolute Gasteiger partial charge is 0.389 e. The van der Waals surface area contributed by atoms with Gasteiger partial charge in [0.25, 0.3) is 0 Å². The van der Waals surface area contributed by atoms with Crippen LogP contribution in [0.15, 0.2) is 11.6 Å². The van der Waals surface area contributed by atoms with E-state index in [4.69, 9.17) is 0 Å². The van der Waals surface area contributed by atoms with E-state index in [0.29, 0.717) is 29.6 Å². The van der Waals surface area contributed by atoms with Gasteiger partial charge in [-0.2, -0.15) is 0 Å². The standard InChI is InChI=1S/C15H22O2/c1-8-5-9(16)6-10-12(17)7-11-13(14(11,2)3)15(8,10)4/h6,8,11-13,17H,5,7H2,1-4H3/t8?,11-,12?,13+,15+/m1/s1. The highest BCUT2D eigenvalue weighted by Crippen LogP contribution is 2.74. The Morgan fingerprint density at radius 1 is 1.35 bits per heavy atom. The van der Waals surface area contributed by atoms with Gasteiger partial charge in [0.2, 0.25) is 0 Å². The molecule has 3 rings (SSSR count). The molecule has 2 nitrogen and oxygen atoms in total. The monoisotopic (exact) mass is 234 g/mol. The number of ketones is 1. The molecule has 0 saturated heterocycles. The maximum atomic E-state index is 11.7. The molecule has 2 saturated carbocycles. The molecule has 0 spiro atoms. The molecule has 0 aromatic carbocycles. The van der Waals surface area contributed by atoms with Crippen molar-refractivity contribution in [3.05, 3.63) is 11.6 Å². The number of carbonyl (C=O) groups is 1. The molecule has 1 N–H and O–H groups in total. The van der Waals surface area contributed by atoms with Crippen LogP contribution in [0.1, 0.15) is 40.5 Å². The Hall–Kier alpha value is -0.630. The second-order valence-corrected chi connectivity index (χ2v) is 7.11. The molecule has 5 atom stereocenters. The third kappa shape index (κ3) is 1.22. The van der Waals surface area contributed by atoms with Crippen molar-refractivity contribution in [2.24, 2.45) is 28.6 Å². The van der Waals surface area contributed by atoms with Crippen molar-refractivity contribution in [2.45, 2.75) is 46.6 Å². The summed E-state index contributed by atoms with van der Waals surface area (Å²) in [4.78, 5) is 11.7. The van der Waals surface area contributed by atoms with Crippen LogP contribution in [0.2, 0.25) is 0 Å². The van der Waals surface area contributed by atoms with Crippen LogP contribution in [0.3, 0.4) is 0 Å². The first-order chi connectivity index (χ1) is 7.79. The second kappa shape index (κ2) is 3.03. The van der Waals surface area contributed by atoms with Crippen LogP contribution < -0.4 is 0 Å². The highest BCUT2D eigenvalue weighted by molar-refractivity contribution is 5.92. The fourth-order valence-corrected chi connectivity index (χ4v) is 4.87. The van der Waals surface area contributed by atoms with Crippen LogP contribution in [-0.4, -0.2) is 17.0 Å². The summed E-state index contributed by atoms with van der Waals surface area (Å²) in [5.41, 5.74) is 1.40. The van der Waals surface area contributed by atoms with Gasteiger partial charge in [-0.25, -0.2) is 0 Å². The number of allylic oxidation sites excluding steroid dienone is 1. The summed E-state index contributed by atoms with van der Waals surface area (Å²) in [6, 6.07) is 0. The first kappa shape index (κ1) is 11.5. The van der Waals surface area contributed by atoms with E-state index in [1.807, 2.05) is 0 Å². The number of aliphatic hydroxyl groups is 1. The van der Waals surface area contributed by atoms with E-state index >= 15 is 0 Å². The summed E-state index contributed by atoms with van der Waals surface area (Å²) in [7, 11) is 0. The summed E-state index contributed by atoms with van der Waals surface area (Å²) in [6.07, 6.45) is 2.84. The van der Waals surface area contributed by atoms with Crippen molar-refractivity contribution in [1.82, 2.24) is 0 Å². The molecule has 0 aromatic heterocycles. The average molecular weight is 234 g/mol. The summed E-state index contributed by atoms with van der Waals surface area (Å²) >= 11 is 0. The molecule has 2 heteroatoms. The number of hydrogen-bond acceptors (Lipinski definition) is 2. The lowest BCUT2D eigenvalue weighted by Gasteiger charge is -2.46. The maximum absolute atomic E-state index is 11.7. The van der Waals surface area contributed by atoms with E-state index in [0.717, 1.165) is 12.0 Å². The van der Waals surface area contributed by atoms with Gasteiger partial charge in [0.15, 0.2) is 5.78 Å². The third-order valence-corrected chi connectivity index (χ3v) is 6.00. The molecule has 2 fully saturated rings. The molecule has 0 bridgehead atoms. The van der Waals surface area contributed by atoms with Gasteiger partial charge in [0, 0.05) is 6.42 Å². The van der Waals surface area contributed by atoms with Crippen LogP contribution in [0.5, 0.6) is 0 Å². The summed E-state index contributed by atoms with van der Waals surface area (Å²) < 4.78 is 0. The van der Waals surface area contributed by atoms with Gasteiger partial charge in [-0.3, -0.25) is 4.79 Å². The van der Waals surface area contributed by atoms with Crippen molar-refractivity contribution < 1.29 is 9.90 Å². The molecule has 17 heavy (non-hydrogen) atoms. The van der Waals surface area contributed by atoms with Crippen molar-refractivity contribution in [2.75, 3.05) is 0 Å². The molecule has 0 heterocycles.